The maximum absolute atomic E-state index is 5.04. The highest BCUT2D eigenvalue weighted by Gasteiger charge is 1.96. The van der Waals surface area contributed by atoms with Crippen molar-refractivity contribution in [3.63, 3.8) is 0 Å². The predicted molar refractivity (Wildman–Crippen MR) is 50.9 cm³/mol. The summed E-state index contributed by atoms with van der Waals surface area (Å²) in [4.78, 5) is 0. The van der Waals surface area contributed by atoms with E-state index in [2.05, 4.69) is 29.6 Å². The van der Waals surface area contributed by atoms with E-state index in [1.807, 2.05) is 7.05 Å². The Morgan fingerprint density at radius 1 is 1.50 bits per heavy atom. The predicted octanol–water partition coefficient (Wildman–Crippen LogP) is 1.62. The van der Waals surface area contributed by atoms with Crippen LogP contribution in [0.25, 0.3) is 0 Å². The SMILES string of the molecule is CNC1=CC=C(COC)C=CC1. The lowest BCUT2D eigenvalue weighted by atomic mass is 10.2. The topological polar surface area (TPSA) is 21.3 Å². The Morgan fingerprint density at radius 2 is 2.33 bits per heavy atom. The monoisotopic (exact) mass is 165 g/mol. The highest BCUT2D eigenvalue weighted by Crippen LogP contribution is 2.08. The molecule has 0 aliphatic heterocycles. The lowest BCUT2D eigenvalue weighted by Crippen LogP contribution is -2.03. The van der Waals surface area contributed by atoms with Gasteiger partial charge in [-0.1, -0.05) is 18.2 Å². The van der Waals surface area contributed by atoms with Crippen molar-refractivity contribution >= 4 is 0 Å². The van der Waals surface area contributed by atoms with Crippen molar-refractivity contribution < 1.29 is 4.74 Å². The maximum atomic E-state index is 5.04. The van der Waals surface area contributed by atoms with Crippen molar-refractivity contribution in [2.45, 2.75) is 6.42 Å². The first-order valence-electron chi connectivity index (χ1n) is 4.09. The van der Waals surface area contributed by atoms with Crippen LogP contribution in [0.1, 0.15) is 6.42 Å². The fourth-order valence-electron chi connectivity index (χ4n) is 1.12. The molecule has 0 heterocycles. The van der Waals surface area contributed by atoms with Crippen LogP contribution in [0, 0.1) is 0 Å². The number of rotatable bonds is 3. The summed E-state index contributed by atoms with van der Waals surface area (Å²) in [6, 6.07) is 0. The number of hydrogen-bond donors (Lipinski definition) is 1. The van der Waals surface area contributed by atoms with E-state index in [9.17, 15) is 0 Å². The Bertz CT molecular complexity index is 226. The second-order valence-electron chi connectivity index (χ2n) is 2.72. The molecule has 0 aromatic rings. The Morgan fingerprint density at radius 3 is 3.00 bits per heavy atom. The number of ether oxygens (including phenoxy) is 1. The van der Waals surface area contributed by atoms with Crippen LogP contribution < -0.4 is 5.32 Å². The van der Waals surface area contributed by atoms with Gasteiger partial charge in [0.05, 0.1) is 6.61 Å². The largest absolute Gasteiger partial charge is 0.391 e. The van der Waals surface area contributed by atoms with Gasteiger partial charge in [-0.2, -0.15) is 0 Å². The number of methoxy groups -OCH3 is 1. The molecule has 0 bridgehead atoms. The van der Waals surface area contributed by atoms with E-state index in [-0.39, 0.29) is 0 Å². The van der Waals surface area contributed by atoms with Gasteiger partial charge in [-0.3, -0.25) is 0 Å². The van der Waals surface area contributed by atoms with Crippen molar-refractivity contribution in [2.75, 3.05) is 20.8 Å². The summed E-state index contributed by atoms with van der Waals surface area (Å²) in [6.45, 7) is 0.685. The van der Waals surface area contributed by atoms with Gasteiger partial charge in [-0.15, -0.1) is 0 Å². The normalized spacial score (nSPS) is 16.5. The fourth-order valence-corrected chi connectivity index (χ4v) is 1.12. The van der Waals surface area contributed by atoms with Gasteiger partial charge in [0.2, 0.25) is 0 Å². The first kappa shape index (κ1) is 9.07. The van der Waals surface area contributed by atoms with E-state index in [0.717, 1.165) is 6.42 Å². The van der Waals surface area contributed by atoms with E-state index in [0.29, 0.717) is 6.61 Å². The molecule has 0 radical (unpaired) electrons. The lowest BCUT2D eigenvalue weighted by molar-refractivity contribution is 0.228. The minimum Gasteiger partial charge on any atom is -0.391 e. The Kier molecular flexibility index (Phi) is 3.61. The molecule has 1 N–H and O–H groups in total. The molecule has 0 aromatic heterocycles. The summed E-state index contributed by atoms with van der Waals surface area (Å²) in [5.41, 5.74) is 2.44. The zero-order valence-electron chi connectivity index (χ0n) is 7.63. The van der Waals surface area contributed by atoms with Crippen LogP contribution in [0.5, 0.6) is 0 Å². The summed E-state index contributed by atoms with van der Waals surface area (Å²) in [6.07, 6.45) is 9.39. The van der Waals surface area contributed by atoms with Gasteiger partial charge in [0, 0.05) is 26.3 Å². The van der Waals surface area contributed by atoms with Crippen molar-refractivity contribution in [3.05, 3.63) is 35.6 Å². The molecule has 0 fully saturated rings. The van der Waals surface area contributed by atoms with Crippen LogP contribution in [0.2, 0.25) is 0 Å². The van der Waals surface area contributed by atoms with Crippen LogP contribution in [0.4, 0.5) is 0 Å². The number of nitrogens with one attached hydrogen (secondary N) is 1. The van der Waals surface area contributed by atoms with Crippen LogP contribution >= 0.6 is 0 Å². The minimum absolute atomic E-state index is 0.685. The van der Waals surface area contributed by atoms with Gasteiger partial charge >= 0.3 is 0 Å². The third-order valence-electron chi connectivity index (χ3n) is 1.80. The number of hydrogen-bond acceptors (Lipinski definition) is 2. The van der Waals surface area contributed by atoms with E-state index in [1.54, 1.807) is 7.11 Å². The van der Waals surface area contributed by atoms with Crippen molar-refractivity contribution in [1.29, 1.82) is 0 Å². The smallest absolute Gasteiger partial charge is 0.0712 e. The number of allylic oxidation sites excluding steroid dienone is 3. The Labute approximate surface area is 73.6 Å². The molecule has 0 saturated carbocycles. The van der Waals surface area contributed by atoms with Gasteiger partial charge in [0.25, 0.3) is 0 Å². The molecular formula is C10H15NO. The molecule has 1 aliphatic carbocycles. The zero-order valence-corrected chi connectivity index (χ0v) is 7.63. The van der Waals surface area contributed by atoms with Crippen LogP contribution in [0.15, 0.2) is 35.6 Å². The molecular weight excluding hydrogens is 150 g/mol. The molecule has 0 amide bonds. The molecule has 0 spiro atoms. The van der Waals surface area contributed by atoms with Gasteiger partial charge < -0.3 is 10.1 Å². The summed E-state index contributed by atoms with van der Waals surface area (Å²) in [5.74, 6) is 0. The highest BCUT2D eigenvalue weighted by molar-refractivity contribution is 5.30. The Hall–Kier alpha value is -1.02. The van der Waals surface area contributed by atoms with Crippen LogP contribution in [-0.4, -0.2) is 20.8 Å². The summed E-state index contributed by atoms with van der Waals surface area (Å²) < 4.78 is 5.04. The highest BCUT2D eigenvalue weighted by atomic mass is 16.5. The second kappa shape index (κ2) is 4.78. The first-order valence-corrected chi connectivity index (χ1v) is 4.09. The molecule has 1 rings (SSSR count). The summed E-state index contributed by atoms with van der Waals surface area (Å²) >= 11 is 0. The average molecular weight is 165 g/mol. The fraction of sp³-hybridized carbons (Fsp3) is 0.400. The molecule has 0 unspecified atom stereocenters. The average Bonchev–Trinajstić information content (AvgIpc) is 2.31. The molecule has 2 heteroatoms. The van der Waals surface area contributed by atoms with Gasteiger partial charge in [0.15, 0.2) is 0 Å². The van der Waals surface area contributed by atoms with Gasteiger partial charge in [0.1, 0.15) is 0 Å². The molecule has 1 aliphatic rings. The summed E-state index contributed by atoms with van der Waals surface area (Å²) in [7, 11) is 3.65. The molecule has 0 aromatic carbocycles. The van der Waals surface area contributed by atoms with Crippen LogP contribution in [-0.2, 0) is 4.74 Å². The van der Waals surface area contributed by atoms with E-state index in [4.69, 9.17) is 4.74 Å². The minimum atomic E-state index is 0.685. The second-order valence-corrected chi connectivity index (χ2v) is 2.72. The Balaban J connectivity index is 2.64. The van der Waals surface area contributed by atoms with Crippen LogP contribution in [0.3, 0.4) is 0 Å². The first-order chi connectivity index (χ1) is 5.86. The molecule has 0 saturated heterocycles. The zero-order chi connectivity index (χ0) is 8.81. The van der Waals surface area contributed by atoms with E-state index >= 15 is 0 Å². The third-order valence-corrected chi connectivity index (χ3v) is 1.80. The van der Waals surface area contributed by atoms with E-state index < -0.39 is 0 Å². The summed E-state index contributed by atoms with van der Waals surface area (Å²) in [5, 5.41) is 3.13. The third kappa shape index (κ3) is 2.55. The molecule has 0 atom stereocenters. The van der Waals surface area contributed by atoms with E-state index in [1.165, 1.54) is 11.3 Å². The standard InChI is InChI=1S/C10H15NO/c1-11-10-5-3-4-9(6-7-10)8-12-2/h3-4,6-7,11H,5,8H2,1-2H3. The maximum Gasteiger partial charge on any atom is 0.0712 e. The van der Waals surface area contributed by atoms with Gasteiger partial charge in [-0.25, -0.2) is 0 Å². The quantitative estimate of drug-likeness (QED) is 0.686. The van der Waals surface area contributed by atoms with Crippen molar-refractivity contribution in [1.82, 2.24) is 5.32 Å². The van der Waals surface area contributed by atoms with Gasteiger partial charge in [-0.05, 0) is 11.6 Å². The van der Waals surface area contributed by atoms with Crippen molar-refractivity contribution in [3.8, 4) is 0 Å². The lowest BCUT2D eigenvalue weighted by Gasteiger charge is -1.98. The molecule has 2 nitrogen and oxygen atoms in total. The molecule has 66 valence electrons. The molecule has 12 heavy (non-hydrogen) atoms. The van der Waals surface area contributed by atoms with Crippen molar-refractivity contribution in [2.24, 2.45) is 0 Å².